The minimum Gasteiger partial charge on any atom is -0.385 e. The standard InChI is InChI=1S/C16H24BrNO3/c1-20-11-4-8-18(10-12-21-2)9-7-16(19)14-5-3-6-15(17)13-14/h3,5-6,13H,4,7-12H2,1-2H3. The van der Waals surface area contributed by atoms with Gasteiger partial charge in [0.05, 0.1) is 6.61 Å². The Morgan fingerprint density at radius 2 is 1.90 bits per heavy atom. The van der Waals surface area contributed by atoms with E-state index >= 15 is 0 Å². The number of hydrogen-bond acceptors (Lipinski definition) is 4. The average molecular weight is 358 g/mol. The Labute approximate surface area is 135 Å². The fourth-order valence-corrected chi connectivity index (χ4v) is 2.45. The number of halogens is 1. The normalized spacial score (nSPS) is 11.0. The summed E-state index contributed by atoms with van der Waals surface area (Å²) in [4.78, 5) is 14.5. The Balaban J connectivity index is 2.44. The predicted molar refractivity (Wildman–Crippen MR) is 87.9 cm³/mol. The number of ketones is 1. The molecule has 0 heterocycles. The Kier molecular flexibility index (Phi) is 9.50. The van der Waals surface area contributed by atoms with Crippen molar-refractivity contribution in [1.29, 1.82) is 0 Å². The van der Waals surface area contributed by atoms with Crippen LogP contribution in [0.2, 0.25) is 0 Å². The third-order valence-electron chi connectivity index (χ3n) is 3.24. The summed E-state index contributed by atoms with van der Waals surface area (Å²) >= 11 is 3.39. The van der Waals surface area contributed by atoms with E-state index in [-0.39, 0.29) is 5.78 Å². The van der Waals surface area contributed by atoms with Crippen LogP contribution in [0.15, 0.2) is 28.7 Å². The van der Waals surface area contributed by atoms with Crippen molar-refractivity contribution in [2.75, 3.05) is 47.1 Å². The highest BCUT2D eigenvalue weighted by Gasteiger charge is 2.10. The topological polar surface area (TPSA) is 38.8 Å². The lowest BCUT2D eigenvalue weighted by molar-refractivity contribution is 0.0940. The Morgan fingerprint density at radius 1 is 1.14 bits per heavy atom. The smallest absolute Gasteiger partial charge is 0.164 e. The summed E-state index contributed by atoms with van der Waals surface area (Å²) in [6, 6.07) is 7.54. The molecule has 0 saturated heterocycles. The van der Waals surface area contributed by atoms with Gasteiger partial charge in [0, 0.05) is 56.9 Å². The van der Waals surface area contributed by atoms with Gasteiger partial charge in [-0.25, -0.2) is 0 Å². The van der Waals surface area contributed by atoms with Gasteiger partial charge in [0.2, 0.25) is 0 Å². The number of Topliss-reactive ketones (excluding diaryl/α,β-unsaturated/α-hetero) is 1. The van der Waals surface area contributed by atoms with Crippen LogP contribution in [-0.2, 0) is 9.47 Å². The number of ether oxygens (including phenoxy) is 2. The van der Waals surface area contributed by atoms with Gasteiger partial charge in [0.25, 0.3) is 0 Å². The van der Waals surface area contributed by atoms with Gasteiger partial charge in [-0.15, -0.1) is 0 Å². The Morgan fingerprint density at radius 3 is 2.57 bits per heavy atom. The maximum absolute atomic E-state index is 12.2. The van der Waals surface area contributed by atoms with Crippen LogP contribution in [0.4, 0.5) is 0 Å². The maximum atomic E-state index is 12.2. The molecule has 1 aromatic rings. The van der Waals surface area contributed by atoms with Crippen molar-refractivity contribution < 1.29 is 14.3 Å². The molecule has 0 unspecified atom stereocenters. The van der Waals surface area contributed by atoms with Crippen LogP contribution >= 0.6 is 15.9 Å². The van der Waals surface area contributed by atoms with Crippen molar-refractivity contribution in [2.24, 2.45) is 0 Å². The quantitative estimate of drug-likeness (QED) is 0.450. The molecule has 0 radical (unpaired) electrons. The van der Waals surface area contributed by atoms with Crippen LogP contribution < -0.4 is 0 Å². The number of benzene rings is 1. The summed E-state index contributed by atoms with van der Waals surface area (Å²) < 4.78 is 11.1. The largest absolute Gasteiger partial charge is 0.385 e. The van der Waals surface area contributed by atoms with Crippen molar-refractivity contribution in [3.05, 3.63) is 34.3 Å². The molecule has 0 aromatic heterocycles. The van der Waals surface area contributed by atoms with Crippen molar-refractivity contribution >= 4 is 21.7 Å². The second-order valence-corrected chi connectivity index (χ2v) is 5.78. The van der Waals surface area contributed by atoms with Gasteiger partial charge in [-0.05, 0) is 18.6 Å². The first-order valence-electron chi connectivity index (χ1n) is 7.16. The molecule has 1 aromatic carbocycles. The van der Waals surface area contributed by atoms with Crippen LogP contribution in [0, 0.1) is 0 Å². The predicted octanol–water partition coefficient (Wildman–Crippen LogP) is 3.01. The van der Waals surface area contributed by atoms with Gasteiger partial charge in [-0.3, -0.25) is 4.79 Å². The highest BCUT2D eigenvalue weighted by Crippen LogP contribution is 2.13. The van der Waals surface area contributed by atoms with E-state index in [4.69, 9.17) is 9.47 Å². The first kappa shape index (κ1) is 18.3. The molecule has 118 valence electrons. The van der Waals surface area contributed by atoms with E-state index in [0.29, 0.717) is 13.0 Å². The molecule has 4 nitrogen and oxygen atoms in total. The maximum Gasteiger partial charge on any atom is 0.164 e. The van der Waals surface area contributed by atoms with E-state index in [9.17, 15) is 4.79 Å². The minimum absolute atomic E-state index is 0.172. The first-order chi connectivity index (χ1) is 10.2. The molecular formula is C16H24BrNO3. The zero-order chi connectivity index (χ0) is 15.5. The van der Waals surface area contributed by atoms with Crippen LogP contribution in [-0.4, -0.2) is 57.8 Å². The van der Waals surface area contributed by atoms with Crippen LogP contribution in [0.5, 0.6) is 0 Å². The summed E-state index contributed by atoms with van der Waals surface area (Å²) in [7, 11) is 3.40. The summed E-state index contributed by atoms with van der Waals surface area (Å²) in [6.45, 7) is 3.93. The molecule has 0 bridgehead atoms. The van der Waals surface area contributed by atoms with Crippen molar-refractivity contribution in [3.8, 4) is 0 Å². The zero-order valence-electron chi connectivity index (χ0n) is 12.8. The molecule has 0 aliphatic rings. The van der Waals surface area contributed by atoms with Crippen molar-refractivity contribution in [3.63, 3.8) is 0 Å². The highest BCUT2D eigenvalue weighted by molar-refractivity contribution is 9.10. The molecule has 0 N–H and O–H groups in total. The van der Waals surface area contributed by atoms with Crippen molar-refractivity contribution in [1.82, 2.24) is 4.90 Å². The molecule has 0 fully saturated rings. The Bertz CT molecular complexity index is 426. The van der Waals surface area contributed by atoms with Gasteiger partial charge in [0.1, 0.15) is 0 Å². The molecule has 5 heteroatoms. The molecule has 0 spiro atoms. The number of methoxy groups -OCH3 is 2. The molecular weight excluding hydrogens is 334 g/mol. The van der Waals surface area contributed by atoms with Gasteiger partial charge < -0.3 is 14.4 Å². The summed E-state index contributed by atoms with van der Waals surface area (Å²) in [5.74, 6) is 0.172. The highest BCUT2D eigenvalue weighted by atomic mass is 79.9. The molecule has 0 saturated carbocycles. The van der Waals surface area contributed by atoms with Crippen LogP contribution in [0.1, 0.15) is 23.2 Å². The SMILES string of the molecule is COCCCN(CCOC)CCC(=O)c1cccc(Br)c1. The van der Waals surface area contributed by atoms with Crippen LogP contribution in [0.25, 0.3) is 0 Å². The number of hydrogen-bond donors (Lipinski definition) is 0. The zero-order valence-corrected chi connectivity index (χ0v) is 14.4. The molecule has 21 heavy (non-hydrogen) atoms. The molecule has 0 atom stereocenters. The second-order valence-electron chi connectivity index (χ2n) is 4.86. The molecule has 0 amide bonds. The minimum atomic E-state index is 0.172. The Hall–Kier alpha value is -0.750. The number of rotatable bonds is 11. The van der Waals surface area contributed by atoms with E-state index < -0.39 is 0 Å². The third kappa shape index (κ3) is 7.71. The number of carbonyl (C=O) groups is 1. The van der Waals surface area contributed by atoms with Crippen molar-refractivity contribution in [2.45, 2.75) is 12.8 Å². The molecule has 0 aliphatic heterocycles. The number of nitrogens with zero attached hydrogens (tertiary/aromatic N) is 1. The number of carbonyl (C=O) groups excluding carboxylic acids is 1. The second kappa shape index (κ2) is 10.9. The molecule has 0 aliphatic carbocycles. The lowest BCUT2D eigenvalue weighted by atomic mass is 10.1. The lowest BCUT2D eigenvalue weighted by Crippen LogP contribution is -2.31. The van der Waals surface area contributed by atoms with Gasteiger partial charge in [0.15, 0.2) is 5.78 Å². The van der Waals surface area contributed by atoms with E-state index in [1.54, 1.807) is 14.2 Å². The fraction of sp³-hybridized carbons (Fsp3) is 0.562. The van der Waals surface area contributed by atoms with Gasteiger partial charge >= 0.3 is 0 Å². The van der Waals surface area contributed by atoms with Gasteiger partial charge in [-0.1, -0.05) is 28.1 Å². The summed E-state index contributed by atoms with van der Waals surface area (Å²) in [5.41, 5.74) is 0.757. The van der Waals surface area contributed by atoms with Gasteiger partial charge in [-0.2, -0.15) is 0 Å². The first-order valence-corrected chi connectivity index (χ1v) is 7.95. The summed E-state index contributed by atoms with van der Waals surface area (Å²) in [5, 5.41) is 0. The monoisotopic (exact) mass is 357 g/mol. The average Bonchev–Trinajstić information content (AvgIpc) is 2.49. The van der Waals surface area contributed by atoms with E-state index in [1.807, 2.05) is 24.3 Å². The van der Waals surface area contributed by atoms with E-state index in [0.717, 1.165) is 42.7 Å². The van der Waals surface area contributed by atoms with Crippen LogP contribution in [0.3, 0.4) is 0 Å². The summed E-state index contributed by atoms with van der Waals surface area (Å²) in [6.07, 6.45) is 1.48. The van der Waals surface area contributed by atoms with E-state index in [2.05, 4.69) is 20.8 Å². The lowest BCUT2D eigenvalue weighted by Gasteiger charge is -2.21. The third-order valence-corrected chi connectivity index (χ3v) is 3.73. The van der Waals surface area contributed by atoms with E-state index in [1.165, 1.54) is 0 Å². The fourth-order valence-electron chi connectivity index (χ4n) is 2.05. The molecule has 1 rings (SSSR count).